The molecule has 0 spiro atoms. The van der Waals surface area contributed by atoms with Gasteiger partial charge in [0.15, 0.2) is 0 Å². The molecular weight excluding hydrogens is 338 g/mol. The summed E-state index contributed by atoms with van der Waals surface area (Å²) < 4.78 is 0. The molecule has 6 N–H and O–H groups in total. The molecular formula is C14H25N3O6S. The molecule has 0 saturated heterocycles. The van der Waals surface area contributed by atoms with Crippen molar-refractivity contribution in [3.8, 4) is 0 Å². The predicted octanol–water partition coefficient (Wildman–Crippen LogP) is -0.748. The lowest BCUT2D eigenvalue weighted by atomic mass is 10.0. The second kappa shape index (κ2) is 10.9. The molecule has 0 aliphatic heterocycles. The first kappa shape index (κ1) is 22.2. The fraction of sp³-hybridized carbons (Fsp3) is 0.714. The smallest absolute Gasteiger partial charge is 0.326 e. The molecule has 3 atom stereocenters. The average Bonchev–Trinajstić information content (AvgIpc) is 2.48. The Morgan fingerprint density at radius 1 is 1.04 bits per heavy atom. The van der Waals surface area contributed by atoms with Gasteiger partial charge < -0.3 is 26.6 Å². The van der Waals surface area contributed by atoms with E-state index in [0.29, 0.717) is 5.75 Å². The lowest BCUT2D eigenvalue weighted by Crippen LogP contribution is -2.55. The van der Waals surface area contributed by atoms with Crippen LogP contribution in [0.2, 0.25) is 0 Å². The molecule has 0 saturated carbocycles. The predicted molar refractivity (Wildman–Crippen MR) is 89.6 cm³/mol. The fourth-order valence-electron chi connectivity index (χ4n) is 1.72. The van der Waals surface area contributed by atoms with Crippen LogP contribution in [0.4, 0.5) is 0 Å². The van der Waals surface area contributed by atoms with Crippen LogP contribution in [-0.4, -0.2) is 64.1 Å². The Bertz CT molecular complexity index is 471. The highest BCUT2D eigenvalue weighted by Gasteiger charge is 2.29. The number of nitrogens with two attached hydrogens (primary N) is 1. The molecule has 0 fully saturated rings. The third kappa shape index (κ3) is 8.16. The van der Waals surface area contributed by atoms with Crippen molar-refractivity contribution < 1.29 is 29.4 Å². The third-order valence-electron chi connectivity index (χ3n) is 3.26. The van der Waals surface area contributed by atoms with Gasteiger partial charge in [0.25, 0.3) is 0 Å². The SMILES string of the molecule is CSCC[C@H](NC(=O)[C@@H](N)C(C)C)C(=O)N[C@@H](CC(=O)O)C(=O)O. The van der Waals surface area contributed by atoms with Gasteiger partial charge in [0.05, 0.1) is 12.5 Å². The van der Waals surface area contributed by atoms with Gasteiger partial charge in [0.2, 0.25) is 11.8 Å². The van der Waals surface area contributed by atoms with Crippen LogP contribution in [0.3, 0.4) is 0 Å². The summed E-state index contributed by atoms with van der Waals surface area (Å²) in [5.74, 6) is -3.66. The van der Waals surface area contributed by atoms with Crippen molar-refractivity contribution in [2.45, 2.75) is 44.8 Å². The van der Waals surface area contributed by atoms with E-state index in [1.54, 1.807) is 13.8 Å². The van der Waals surface area contributed by atoms with Crippen molar-refractivity contribution >= 4 is 35.5 Å². The Hall–Kier alpha value is -1.81. The Morgan fingerprint density at radius 2 is 1.58 bits per heavy atom. The minimum Gasteiger partial charge on any atom is -0.481 e. The quantitative estimate of drug-likeness (QED) is 0.321. The first-order chi connectivity index (χ1) is 11.1. The number of carboxylic acid groups (broad SMARTS) is 2. The topological polar surface area (TPSA) is 159 Å². The van der Waals surface area contributed by atoms with E-state index >= 15 is 0 Å². The molecule has 9 nitrogen and oxygen atoms in total. The van der Waals surface area contributed by atoms with Crippen molar-refractivity contribution in [3.05, 3.63) is 0 Å². The summed E-state index contributed by atoms with van der Waals surface area (Å²) in [4.78, 5) is 46.0. The number of hydrogen-bond acceptors (Lipinski definition) is 6. The molecule has 0 aliphatic rings. The van der Waals surface area contributed by atoms with Gasteiger partial charge >= 0.3 is 11.9 Å². The van der Waals surface area contributed by atoms with Gasteiger partial charge in [-0.1, -0.05) is 13.8 Å². The van der Waals surface area contributed by atoms with E-state index < -0.39 is 48.3 Å². The summed E-state index contributed by atoms with van der Waals surface area (Å²) >= 11 is 1.45. The monoisotopic (exact) mass is 363 g/mol. The minimum absolute atomic E-state index is 0.131. The number of rotatable bonds is 11. The molecule has 0 rings (SSSR count). The van der Waals surface area contributed by atoms with E-state index in [1.807, 2.05) is 6.26 Å². The molecule has 10 heteroatoms. The van der Waals surface area contributed by atoms with E-state index in [4.69, 9.17) is 15.9 Å². The van der Waals surface area contributed by atoms with Crippen molar-refractivity contribution in [2.24, 2.45) is 11.7 Å². The normalized spacial score (nSPS) is 14.5. The molecule has 0 aliphatic carbocycles. The molecule has 138 valence electrons. The molecule has 2 amide bonds. The van der Waals surface area contributed by atoms with Crippen LogP contribution < -0.4 is 16.4 Å². The summed E-state index contributed by atoms with van der Waals surface area (Å²) in [5, 5.41) is 22.3. The van der Waals surface area contributed by atoms with Gasteiger partial charge in [-0.2, -0.15) is 11.8 Å². The van der Waals surface area contributed by atoms with Crippen molar-refractivity contribution in [1.82, 2.24) is 10.6 Å². The zero-order valence-corrected chi connectivity index (χ0v) is 14.8. The Kier molecular flexibility index (Phi) is 10.0. The summed E-state index contributed by atoms with van der Waals surface area (Å²) in [7, 11) is 0. The van der Waals surface area contributed by atoms with Crippen LogP contribution in [0, 0.1) is 5.92 Å². The number of amides is 2. The first-order valence-corrected chi connectivity index (χ1v) is 8.79. The van der Waals surface area contributed by atoms with Crippen molar-refractivity contribution in [1.29, 1.82) is 0 Å². The number of carbonyl (C=O) groups excluding carboxylic acids is 2. The highest BCUT2D eigenvalue weighted by molar-refractivity contribution is 7.98. The van der Waals surface area contributed by atoms with Gasteiger partial charge in [-0.15, -0.1) is 0 Å². The van der Waals surface area contributed by atoms with Crippen LogP contribution >= 0.6 is 11.8 Å². The molecule has 24 heavy (non-hydrogen) atoms. The molecule has 0 aromatic carbocycles. The van der Waals surface area contributed by atoms with Crippen LogP contribution in [0.25, 0.3) is 0 Å². The van der Waals surface area contributed by atoms with Crippen molar-refractivity contribution in [2.75, 3.05) is 12.0 Å². The Labute approximate surface area is 144 Å². The van der Waals surface area contributed by atoms with Gasteiger partial charge in [-0.3, -0.25) is 14.4 Å². The summed E-state index contributed by atoms with van der Waals surface area (Å²) in [6, 6.07) is -3.35. The maximum absolute atomic E-state index is 12.2. The van der Waals surface area contributed by atoms with E-state index in [1.165, 1.54) is 11.8 Å². The first-order valence-electron chi connectivity index (χ1n) is 7.40. The summed E-state index contributed by atoms with van der Waals surface area (Å²) in [6.07, 6.45) is 1.33. The lowest BCUT2D eigenvalue weighted by molar-refractivity contribution is -0.147. The second-order valence-corrected chi connectivity index (χ2v) is 6.60. The van der Waals surface area contributed by atoms with Crippen LogP contribution in [-0.2, 0) is 19.2 Å². The van der Waals surface area contributed by atoms with Gasteiger partial charge in [0.1, 0.15) is 12.1 Å². The second-order valence-electron chi connectivity index (χ2n) is 5.61. The van der Waals surface area contributed by atoms with E-state index in [-0.39, 0.29) is 12.3 Å². The largest absolute Gasteiger partial charge is 0.481 e. The lowest BCUT2D eigenvalue weighted by Gasteiger charge is -2.23. The molecule has 0 bridgehead atoms. The average molecular weight is 363 g/mol. The maximum Gasteiger partial charge on any atom is 0.326 e. The van der Waals surface area contributed by atoms with E-state index in [2.05, 4.69) is 10.6 Å². The van der Waals surface area contributed by atoms with E-state index in [0.717, 1.165) is 0 Å². The number of carbonyl (C=O) groups is 4. The Balaban J connectivity index is 5.00. The number of nitrogens with one attached hydrogen (secondary N) is 2. The Morgan fingerprint density at radius 3 is 2.00 bits per heavy atom. The standard InChI is InChI=1S/C14H25N3O6S/c1-7(2)11(15)13(21)16-8(4-5-24-3)12(20)17-9(14(22)23)6-10(18)19/h7-9,11H,4-6,15H2,1-3H3,(H,16,21)(H,17,20)(H,18,19)(H,22,23)/t8-,9-,11-/m0/s1. The number of aliphatic carboxylic acids is 2. The fourth-order valence-corrected chi connectivity index (χ4v) is 2.19. The van der Waals surface area contributed by atoms with Gasteiger partial charge in [0, 0.05) is 0 Å². The van der Waals surface area contributed by atoms with E-state index in [9.17, 15) is 19.2 Å². The van der Waals surface area contributed by atoms with Crippen LogP contribution in [0.15, 0.2) is 0 Å². The van der Waals surface area contributed by atoms with Crippen LogP contribution in [0.5, 0.6) is 0 Å². The van der Waals surface area contributed by atoms with Gasteiger partial charge in [-0.25, -0.2) is 4.79 Å². The van der Waals surface area contributed by atoms with Crippen LogP contribution in [0.1, 0.15) is 26.7 Å². The molecule has 0 unspecified atom stereocenters. The maximum atomic E-state index is 12.2. The molecule has 0 aromatic heterocycles. The molecule has 0 radical (unpaired) electrons. The number of carboxylic acids is 2. The third-order valence-corrected chi connectivity index (χ3v) is 3.90. The summed E-state index contributed by atoms with van der Waals surface area (Å²) in [6.45, 7) is 3.52. The minimum atomic E-state index is -1.57. The molecule has 0 aromatic rings. The summed E-state index contributed by atoms with van der Waals surface area (Å²) in [5.41, 5.74) is 5.73. The van der Waals surface area contributed by atoms with Gasteiger partial charge in [-0.05, 0) is 24.3 Å². The van der Waals surface area contributed by atoms with Crippen molar-refractivity contribution in [3.63, 3.8) is 0 Å². The number of hydrogen-bond donors (Lipinski definition) is 5. The zero-order chi connectivity index (χ0) is 18.9. The number of thioether (sulfide) groups is 1. The highest BCUT2D eigenvalue weighted by atomic mass is 32.2. The molecule has 0 heterocycles. The zero-order valence-electron chi connectivity index (χ0n) is 13.9. The highest BCUT2D eigenvalue weighted by Crippen LogP contribution is 2.05.